The second kappa shape index (κ2) is 11.7. The van der Waals surface area contributed by atoms with Gasteiger partial charge in [0.25, 0.3) is 0 Å². The van der Waals surface area contributed by atoms with Crippen molar-refractivity contribution in [1.82, 2.24) is 14.1 Å². The molecule has 0 spiro atoms. The standard InChI is InChI=1S/C49H31N3O/c1-3-15-32(16-4-1)42-29-35(30-47-48(42)50-49(53-47)33-17-5-2-6-18-33)34-27-36(51-43-23-11-7-19-38(43)39-20-8-12-24-44(39)51)31-37(28-34)52-45-25-13-9-21-40(45)41-22-10-14-26-46(41)52/h1-31H. The van der Waals surface area contributed by atoms with E-state index in [9.17, 15) is 0 Å². The van der Waals surface area contributed by atoms with Crippen LogP contribution in [0.4, 0.5) is 0 Å². The molecule has 8 aromatic carbocycles. The molecule has 0 saturated carbocycles. The fourth-order valence-electron chi connectivity index (χ4n) is 8.16. The number of benzene rings is 8. The fraction of sp³-hybridized carbons (Fsp3) is 0. The van der Waals surface area contributed by atoms with Gasteiger partial charge in [-0.1, -0.05) is 121 Å². The lowest BCUT2D eigenvalue weighted by molar-refractivity contribution is 0.620. The van der Waals surface area contributed by atoms with Gasteiger partial charge in [-0.15, -0.1) is 0 Å². The van der Waals surface area contributed by atoms with Crippen LogP contribution in [0.1, 0.15) is 0 Å². The summed E-state index contributed by atoms with van der Waals surface area (Å²) < 4.78 is 11.4. The predicted molar refractivity (Wildman–Crippen MR) is 219 cm³/mol. The monoisotopic (exact) mass is 677 g/mol. The highest BCUT2D eigenvalue weighted by Crippen LogP contribution is 2.40. The van der Waals surface area contributed by atoms with Crippen LogP contribution in [-0.2, 0) is 0 Å². The molecule has 0 N–H and O–H groups in total. The summed E-state index contributed by atoms with van der Waals surface area (Å²) in [7, 11) is 0. The Morgan fingerprint density at radius 1 is 0.358 bits per heavy atom. The summed E-state index contributed by atoms with van der Waals surface area (Å²) in [5.74, 6) is 0.611. The number of fused-ring (bicyclic) bond motifs is 7. The maximum absolute atomic E-state index is 6.59. The maximum atomic E-state index is 6.59. The molecule has 0 unspecified atom stereocenters. The number of rotatable bonds is 5. The van der Waals surface area contributed by atoms with Crippen molar-refractivity contribution in [3.8, 4) is 45.1 Å². The van der Waals surface area contributed by atoms with E-state index in [4.69, 9.17) is 9.40 Å². The number of hydrogen-bond acceptors (Lipinski definition) is 2. The topological polar surface area (TPSA) is 35.9 Å². The van der Waals surface area contributed by atoms with Crippen LogP contribution in [0.2, 0.25) is 0 Å². The number of para-hydroxylation sites is 4. The highest BCUT2D eigenvalue weighted by atomic mass is 16.3. The molecule has 4 nitrogen and oxygen atoms in total. The Balaban J connectivity index is 1.24. The van der Waals surface area contributed by atoms with Gasteiger partial charge in [-0.2, -0.15) is 0 Å². The Hall–Kier alpha value is -7.17. The van der Waals surface area contributed by atoms with Crippen molar-refractivity contribution < 1.29 is 4.42 Å². The molecule has 0 atom stereocenters. The van der Waals surface area contributed by atoms with Gasteiger partial charge in [-0.25, -0.2) is 4.98 Å². The molecule has 248 valence electrons. The zero-order chi connectivity index (χ0) is 34.9. The van der Waals surface area contributed by atoms with Gasteiger partial charge in [0.2, 0.25) is 5.89 Å². The summed E-state index contributed by atoms with van der Waals surface area (Å²) >= 11 is 0. The largest absolute Gasteiger partial charge is 0.436 e. The van der Waals surface area contributed by atoms with E-state index in [0.717, 1.165) is 50.3 Å². The Morgan fingerprint density at radius 3 is 1.26 bits per heavy atom. The van der Waals surface area contributed by atoms with E-state index in [1.165, 1.54) is 43.6 Å². The van der Waals surface area contributed by atoms with E-state index in [0.29, 0.717) is 5.89 Å². The molecule has 0 bridgehead atoms. The molecule has 0 aliphatic heterocycles. The third-order valence-electron chi connectivity index (χ3n) is 10.5. The van der Waals surface area contributed by atoms with Gasteiger partial charge in [-0.3, -0.25) is 0 Å². The first-order valence-corrected chi connectivity index (χ1v) is 18.0. The summed E-state index contributed by atoms with van der Waals surface area (Å²) in [5, 5.41) is 4.93. The van der Waals surface area contributed by atoms with Crippen molar-refractivity contribution in [2.75, 3.05) is 0 Å². The minimum Gasteiger partial charge on any atom is -0.436 e. The average molecular weight is 678 g/mol. The lowest BCUT2D eigenvalue weighted by atomic mass is 9.97. The first-order valence-electron chi connectivity index (χ1n) is 18.0. The van der Waals surface area contributed by atoms with Gasteiger partial charge in [0.1, 0.15) is 5.52 Å². The third kappa shape index (κ3) is 4.66. The van der Waals surface area contributed by atoms with Crippen LogP contribution in [0, 0.1) is 0 Å². The molecule has 4 heteroatoms. The van der Waals surface area contributed by atoms with E-state index in [1.54, 1.807) is 0 Å². The second-order valence-electron chi connectivity index (χ2n) is 13.6. The maximum Gasteiger partial charge on any atom is 0.227 e. The second-order valence-corrected chi connectivity index (χ2v) is 13.6. The normalized spacial score (nSPS) is 11.8. The van der Waals surface area contributed by atoms with Gasteiger partial charge in [0, 0.05) is 44.0 Å². The first kappa shape index (κ1) is 29.5. The molecule has 11 aromatic rings. The fourth-order valence-corrected chi connectivity index (χ4v) is 8.16. The Kier molecular flexibility index (Phi) is 6.52. The molecule has 3 aromatic heterocycles. The Morgan fingerprint density at radius 2 is 0.774 bits per heavy atom. The van der Waals surface area contributed by atoms with Crippen molar-refractivity contribution in [2.24, 2.45) is 0 Å². The Bertz CT molecular complexity index is 2930. The van der Waals surface area contributed by atoms with Crippen molar-refractivity contribution in [1.29, 1.82) is 0 Å². The van der Waals surface area contributed by atoms with Crippen molar-refractivity contribution >= 4 is 54.7 Å². The molecule has 0 radical (unpaired) electrons. The van der Waals surface area contributed by atoms with Crippen molar-refractivity contribution in [3.05, 3.63) is 188 Å². The molecule has 0 aliphatic carbocycles. The van der Waals surface area contributed by atoms with Gasteiger partial charge < -0.3 is 13.6 Å². The molecule has 0 saturated heterocycles. The minimum atomic E-state index is 0.611. The molecule has 0 aliphatic rings. The van der Waals surface area contributed by atoms with Crippen LogP contribution in [0.25, 0.3) is 99.8 Å². The van der Waals surface area contributed by atoms with Gasteiger partial charge in [0.05, 0.1) is 22.1 Å². The average Bonchev–Trinajstić information content (AvgIpc) is 3.92. The van der Waals surface area contributed by atoms with E-state index < -0.39 is 0 Å². The minimum absolute atomic E-state index is 0.611. The van der Waals surface area contributed by atoms with Crippen LogP contribution >= 0.6 is 0 Å². The van der Waals surface area contributed by atoms with Crippen LogP contribution in [0.3, 0.4) is 0 Å². The molecule has 0 amide bonds. The summed E-state index contributed by atoms with van der Waals surface area (Å²) in [6.07, 6.45) is 0. The van der Waals surface area contributed by atoms with Gasteiger partial charge in [0.15, 0.2) is 5.58 Å². The van der Waals surface area contributed by atoms with E-state index in [2.05, 4.69) is 167 Å². The van der Waals surface area contributed by atoms with Crippen LogP contribution in [0.15, 0.2) is 192 Å². The molecular weight excluding hydrogens is 647 g/mol. The quantitative estimate of drug-likeness (QED) is 0.182. The molecule has 3 heterocycles. The smallest absolute Gasteiger partial charge is 0.227 e. The van der Waals surface area contributed by atoms with E-state index >= 15 is 0 Å². The highest BCUT2D eigenvalue weighted by molar-refractivity contribution is 6.11. The van der Waals surface area contributed by atoms with Crippen molar-refractivity contribution in [2.45, 2.75) is 0 Å². The molecule has 11 rings (SSSR count). The van der Waals surface area contributed by atoms with Crippen LogP contribution < -0.4 is 0 Å². The first-order chi connectivity index (χ1) is 26.3. The zero-order valence-corrected chi connectivity index (χ0v) is 28.6. The van der Waals surface area contributed by atoms with Crippen LogP contribution in [-0.4, -0.2) is 14.1 Å². The highest BCUT2D eigenvalue weighted by Gasteiger charge is 2.20. The number of nitrogens with zero attached hydrogens (tertiary/aromatic N) is 3. The third-order valence-corrected chi connectivity index (χ3v) is 10.5. The summed E-state index contributed by atoms with van der Waals surface area (Å²) in [5.41, 5.74) is 13.6. The summed E-state index contributed by atoms with van der Waals surface area (Å²) in [6, 6.07) is 66.8. The molecule has 0 fully saturated rings. The predicted octanol–water partition coefficient (Wildman–Crippen LogP) is 13.0. The zero-order valence-electron chi connectivity index (χ0n) is 28.6. The lowest BCUT2D eigenvalue weighted by Crippen LogP contribution is -2.00. The van der Waals surface area contributed by atoms with E-state index in [1.807, 2.05) is 30.3 Å². The van der Waals surface area contributed by atoms with Gasteiger partial charge in [-0.05, 0) is 83.4 Å². The number of hydrogen-bond donors (Lipinski definition) is 0. The summed E-state index contributed by atoms with van der Waals surface area (Å²) in [4.78, 5) is 5.07. The number of aromatic nitrogens is 3. The Labute approximate surface area is 305 Å². The SMILES string of the molecule is c1ccc(-c2nc3c(-c4ccccc4)cc(-c4cc(-n5c6ccccc6c6ccccc65)cc(-n5c6ccccc6c6ccccc65)c4)cc3o2)cc1. The van der Waals surface area contributed by atoms with Crippen molar-refractivity contribution in [3.63, 3.8) is 0 Å². The van der Waals surface area contributed by atoms with Crippen LogP contribution in [0.5, 0.6) is 0 Å². The van der Waals surface area contributed by atoms with Gasteiger partial charge >= 0.3 is 0 Å². The van der Waals surface area contributed by atoms with E-state index in [-0.39, 0.29) is 0 Å². The lowest BCUT2D eigenvalue weighted by Gasteiger charge is -2.16. The number of oxazole rings is 1. The summed E-state index contributed by atoms with van der Waals surface area (Å²) in [6.45, 7) is 0. The molecular formula is C49H31N3O. The molecule has 53 heavy (non-hydrogen) atoms.